The van der Waals surface area contributed by atoms with E-state index < -0.39 is 5.97 Å². The Morgan fingerprint density at radius 3 is 2.29 bits per heavy atom. The summed E-state index contributed by atoms with van der Waals surface area (Å²) in [4.78, 5) is 22.5. The summed E-state index contributed by atoms with van der Waals surface area (Å²) in [5.41, 5.74) is 0. The number of likely N-dealkylation sites (N-methyl/N-ethyl adjacent to an activating group) is 1. The van der Waals surface area contributed by atoms with Crippen molar-refractivity contribution in [3.05, 3.63) is 0 Å². The molecule has 0 radical (unpaired) electrons. The fourth-order valence-electron chi connectivity index (χ4n) is 0.999. The maximum Gasteiger partial charge on any atom is 1.00 e. The average molecular weight is 209 g/mol. The summed E-state index contributed by atoms with van der Waals surface area (Å²) in [6.07, 6.45) is 3.31. The first-order valence-electron chi connectivity index (χ1n) is 4.51. The molecule has 0 rings (SSSR count). The molecule has 4 nitrogen and oxygen atoms in total. The Labute approximate surface area is 107 Å². The Hall–Kier alpha value is -0.0600. The van der Waals surface area contributed by atoms with Crippen molar-refractivity contribution in [2.45, 2.75) is 32.6 Å². The standard InChI is InChI=1S/C9H17NO3.Na/c1-3-4-5-6-8(11)10(2)7-9(12)13;/h3-7H2,1-2H3,(H,12,13);/q;+1/p-1. The van der Waals surface area contributed by atoms with Gasteiger partial charge in [-0.2, -0.15) is 0 Å². The number of hydrogen-bond donors (Lipinski definition) is 0. The van der Waals surface area contributed by atoms with Crippen LogP contribution in [0.25, 0.3) is 0 Å². The summed E-state index contributed by atoms with van der Waals surface area (Å²) < 4.78 is 0. The second-order valence-corrected chi connectivity index (χ2v) is 3.08. The molecule has 0 aliphatic heterocycles. The first-order chi connectivity index (χ1) is 6.07. The number of carboxylic acid groups (broad SMARTS) is 1. The van der Waals surface area contributed by atoms with Crippen molar-refractivity contribution in [3.63, 3.8) is 0 Å². The smallest absolute Gasteiger partial charge is 0.548 e. The predicted molar refractivity (Wildman–Crippen MR) is 46.8 cm³/mol. The van der Waals surface area contributed by atoms with Gasteiger partial charge in [0.15, 0.2) is 0 Å². The van der Waals surface area contributed by atoms with E-state index in [-0.39, 0.29) is 42.0 Å². The van der Waals surface area contributed by atoms with Gasteiger partial charge in [0.05, 0.1) is 12.5 Å². The topological polar surface area (TPSA) is 60.4 Å². The molecule has 0 aromatic heterocycles. The van der Waals surface area contributed by atoms with Gasteiger partial charge in [-0.15, -0.1) is 0 Å². The van der Waals surface area contributed by atoms with Gasteiger partial charge in [0.2, 0.25) is 5.91 Å². The number of hydrogen-bond acceptors (Lipinski definition) is 3. The molecule has 0 aliphatic carbocycles. The van der Waals surface area contributed by atoms with Gasteiger partial charge in [-0.1, -0.05) is 19.8 Å². The van der Waals surface area contributed by atoms with Crippen molar-refractivity contribution in [1.82, 2.24) is 4.90 Å². The summed E-state index contributed by atoms with van der Waals surface area (Å²) >= 11 is 0. The van der Waals surface area contributed by atoms with E-state index in [0.29, 0.717) is 6.42 Å². The van der Waals surface area contributed by atoms with Gasteiger partial charge in [-0.25, -0.2) is 0 Å². The van der Waals surface area contributed by atoms with Gasteiger partial charge >= 0.3 is 29.6 Å². The molecular formula is C9H16NNaO3. The molecule has 0 unspecified atom stereocenters. The average Bonchev–Trinajstić information content (AvgIpc) is 2.03. The molecule has 76 valence electrons. The summed E-state index contributed by atoms with van der Waals surface area (Å²) in [7, 11) is 1.48. The number of rotatable bonds is 6. The SMILES string of the molecule is CCCCCC(=O)N(C)CC(=O)[O-].[Na+]. The zero-order valence-electron chi connectivity index (χ0n) is 9.21. The van der Waals surface area contributed by atoms with Crippen LogP contribution in [0.1, 0.15) is 32.6 Å². The van der Waals surface area contributed by atoms with Crippen molar-refractivity contribution in [1.29, 1.82) is 0 Å². The fourth-order valence-corrected chi connectivity index (χ4v) is 0.999. The summed E-state index contributed by atoms with van der Waals surface area (Å²) in [5, 5.41) is 10.1. The summed E-state index contributed by atoms with van der Waals surface area (Å²) in [6.45, 7) is 1.74. The van der Waals surface area contributed by atoms with Crippen LogP contribution in [-0.4, -0.2) is 30.4 Å². The molecular weight excluding hydrogens is 193 g/mol. The van der Waals surface area contributed by atoms with Gasteiger partial charge in [-0.05, 0) is 6.42 Å². The largest absolute Gasteiger partial charge is 1.00 e. The van der Waals surface area contributed by atoms with Crippen LogP contribution < -0.4 is 34.7 Å². The van der Waals surface area contributed by atoms with E-state index in [9.17, 15) is 14.7 Å². The molecule has 0 fully saturated rings. The molecule has 0 heterocycles. The number of amides is 1. The third-order valence-corrected chi connectivity index (χ3v) is 1.79. The van der Waals surface area contributed by atoms with Gasteiger partial charge < -0.3 is 14.8 Å². The molecule has 0 N–H and O–H groups in total. The van der Waals surface area contributed by atoms with Crippen LogP contribution in [0.3, 0.4) is 0 Å². The maximum absolute atomic E-state index is 11.2. The zero-order chi connectivity index (χ0) is 10.3. The number of carbonyl (C=O) groups excluding carboxylic acids is 2. The second-order valence-electron chi connectivity index (χ2n) is 3.08. The number of carboxylic acids is 1. The van der Waals surface area contributed by atoms with E-state index >= 15 is 0 Å². The van der Waals surface area contributed by atoms with E-state index in [1.807, 2.05) is 0 Å². The van der Waals surface area contributed by atoms with Crippen LogP contribution in [-0.2, 0) is 9.59 Å². The molecule has 5 heteroatoms. The van der Waals surface area contributed by atoms with Crippen LogP contribution in [0.4, 0.5) is 0 Å². The molecule has 0 saturated carbocycles. The molecule has 0 bridgehead atoms. The van der Waals surface area contributed by atoms with Crippen molar-refractivity contribution in [2.24, 2.45) is 0 Å². The molecule has 0 aromatic carbocycles. The van der Waals surface area contributed by atoms with Gasteiger partial charge in [0.1, 0.15) is 0 Å². The third kappa shape index (κ3) is 8.53. The van der Waals surface area contributed by atoms with E-state index in [2.05, 4.69) is 6.92 Å². The minimum atomic E-state index is -1.22. The molecule has 0 atom stereocenters. The summed E-state index contributed by atoms with van der Waals surface area (Å²) in [5.74, 6) is -1.34. The van der Waals surface area contributed by atoms with Crippen molar-refractivity contribution >= 4 is 11.9 Å². The van der Waals surface area contributed by atoms with Gasteiger partial charge in [-0.3, -0.25) is 4.79 Å². The van der Waals surface area contributed by atoms with Crippen molar-refractivity contribution in [2.75, 3.05) is 13.6 Å². The second kappa shape index (κ2) is 9.49. The van der Waals surface area contributed by atoms with Crippen molar-refractivity contribution < 1.29 is 44.3 Å². The van der Waals surface area contributed by atoms with Crippen LogP contribution in [0.15, 0.2) is 0 Å². The maximum atomic E-state index is 11.2. The first kappa shape index (κ1) is 16.4. The minimum absolute atomic E-state index is 0. The van der Waals surface area contributed by atoms with Crippen LogP contribution in [0.5, 0.6) is 0 Å². The number of carbonyl (C=O) groups is 2. The summed E-state index contributed by atoms with van der Waals surface area (Å²) in [6, 6.07) is 0. The van der Waals surface area contributed by atoms with Gasteiger partial charge in [0, 0.05) is 13.5 Å². The Balaban J connectivity index is 0. The fraction of sp³-hybridized carbons (Fsp3) is 0.778. The van der Waals surface area contributed by atoms with Gasteiger partial charge in [0.25, 0.3) is 0 Å². The third-order valence-electron chi connectivity index (χ3n) is 1.79. The minimum Gasteiger partial charge on any atom is -0.548 e. The zero-order valence-corrected chi connectivity index (χ0v) is 11.2. The van der Waals surface area contributed by atoms with E-state index in [0.717, 1.165) is 19.3 Å². The molecule has 0 saturated heterocycles. The van der Waals surface area contributed by atoms with E-state index in [1.165, 1.54) is 11.9 Å². The van der Waals surface area contributed by atoms with Crippen molar-refractivity contribution in [3.8, 4) is 0 Å². The Morgan fingerprint density at radius 2 is 1.86 bits per heavy atom. The molecule has 14 heavy (non-hydrogen) atoms. The van der Waals surface area contributed by atoms with Crippen LogP contribution in [0, 0.1) is 0 Å². The Bertz CT molecular complexity index is 185. The number of unbranched alkanes of at least 4 members (excludes halogenated alkanes) is 2. The molecule has 0 aromatic rings. The van der Waals surface area contributed by atoms with Crippen LogP contribution >= 0.6 is 0 Å². The first-order valence-corrected chi connectivity index (χ1v) is 4.51. The normalized spacial score (nSPS) is 9.00. The molecule has 0 aliphatic rings. The molecule has 1 amide bonds. The Kier molecular flexibility index (Phi) is 11.1. The quantitative estimate of drug-likeness (QED) is 0.341. The number of nitrogens with zero attached hydrogens (tertiary/aromatic N) is 1. The number of aliphatic carboxylic acids is 1. The monoisotopic (exact) mass is 209 g/mol. The molecule has 0 spiro atoms. The van der Waals surface area contributed by atoms with Crippen LogP contribution in [0.2, 0.25) is 0 Å². The Morgan fingerprint density at radius 1 is 1.29 bits per heavy atom. The predicted octanol–water partition coefficient (Wildman–Crippen LogP) is -3.22. The van der Waals surface area contributed by atoms with E-state index in [4.69, 9.17) is 0 Å². The van der Waals surface area contributed by atoms with E-state index in [1.54, 1.807) is 0 Å².